The predicted molar refractivity (Wildman–Crippen MR) is 35.7 cm³/mol. The van der Waals surface area contributed by atoms with Gasteiger partial charge < -0.3 is 5.73 Å². The fourth-order valence-electron chi connectivity index (χ4n) is 0.294. The van der Waals surface area contributed by atoms with Crippen LogP contribution in [0.5, 0.6) is 0 Å². The standard InChI is InChI=1S/C6H8N2O2/c1-4(5(2)7)6(10)8-3-9/h7H2,1-2H3. The van der Waals surface area contributed by atoms with Gasteiger partial charge in [-0.2, -0.15) is 0 Å². The van der Waals surface area contributed by atoms with Gasteiger partial charge in [0, 0.05) is 11.3 Å². The minimum Gasteiger partial charge on any atom is -0.402 e. The first-order valence-electron chi connectivity index (χ1n) is 2.64. The van der Waals surface area contributed by atoms with Crippen LogP contribution in [0.3, 0.4) is 0 Å². The number of amides is 1. The van der Waals surface area contributed by atoms with Crippen LogP contribution < -0.4 is 5.73 Å². The molecule has 0 radical (unpaired) electrons. The summed E-state index contributed by atoms with van der Waals surface area (Å²) in [6.07, 6.45) is 1.14. The summed E-state index contributed by atoms with van der Waals surface area (Å²) in [5, 5.41) is 0. The third-order valence-electron chi connectivity index (χ3n) is 1.06. The van der Waals surface area contributed by atoms with Crippen molar-refractivity contribution in [3.05, 3.63) is 11.3 Å². The molecule has 0 unspecified atom stereocenters. The van der Waals surface area contributed by atoms with Crippen LogP contribution in [0.1, 0.15) is 13.8 Å². The molecule has 0 fully saturated rings. The molecule has 0 bridgehead atoms. The van der Waals surface area contributed by atoms with Crippen molar-refractivity contribution in [3.63, 3.8) is 0 Å². The number of hydrogen-bond acceptors (Lipinski definition) is 3. The van der Waals surface area contributed by atoms with Gasteiger partial charge >= 0.3 is 0 Å². The maximum atomic E-state index is 10.6. The van der Waals surface area contributed by atoms with Gasteiger partial charge in [-0.25, -0.2) is 4.79 Å². The molecule has 0 aliphatic heterocycles. The van der Waals surface area contributed by atoms with Crippen LogP contribution in [0.15, 0.2) is 16.3 Å². The van der Waals surface area contributed by atoms with E-state index in [0.29, 0.717) is 5.70 Å². The minimum atomic E-state index is -0.630. The first-order chi connectivity index (χ1) is 4.59. The van der Waals surface area contributed by atoms with Gasteiger partial charge in [0.2, 0.25) is 6.08 Å². The molecule has 0 heterocycles. The molecule has 54 valence electrons. The molecule has 10 heavy (non-hydrogen) atoms. The van der Waals surface area contributed by atoms with Crippen LogP contribution in [0, 0.1) is 0 Å². The van der Waals surface area contributed by atoms with Crippen LogP contribution in [0.2, 0.25) is 0 Å². The summed E-state index contributed by atoms with van der Waals surface area (Å²) in [6, 6.07) is 0. The molecule has 0 saturated carbocycles. The Morgan fingerprint density at radius 3 is 2.30 bits per heavy atom. The van der Waals surface area contributed by atoms with E-state index in [2.05, 4.69) is 4.99 Å². The normalized spacial score (nSPS) is 11.4. The average Bonchev–Trinajstić information content (AvgIpc) is 1.87. The van der Waals surface area contributed by atoms with Crippen molar-refractivity contribution >= 4 is 12.0 Å². The first kappa shape index (κ1) is 8.59. The van der Waals surface area contributed by atoms with Crippen molar-refractivity contribution in [1.29, 1.82) is 0 Å². The van der Waals surface area contributed by atoms with E-state index in [1.54, 1.807) is 6.92 Å². The van der Waals surface area contributed by atoms with E-state index in [9.17, 15) is 9.59 Å². The predicted octanol–water partition coefficient (Wildman–Crippen LogP) is 0.101. The Hall–Kier alpha value is -1.41. The van der Waals surface area contributed by atoms with Crippen LogP contribution in [0.4, 0.5) is 0 Å². The lowest BCUT2D eigenvalue weighted by molar-refractivity contribution is -0.114. The highest BCUT2D eigenvalue weighted by Gasteiger charge is 2.02. The highest BCUT2D eigenvalue weighted by molar-refractivity contribution is 5.96. The Labute approximate surface area is 58.4 Å². The second-order valence-corrected chi connectivity index (χ2v) is 1.82. The third kappa shape index (κ3) is 2.24. The van der Waals surface area contributed by atoms with Gasteiger partial charge in [0.05, 0.1) is 0 Å². The summed E-state index contributed by atoms with van der Waals surface area (Å²) in [5.41, 5.74) is 5.88. The van der Waals surface area contributed by atoms with Gasteiger partial charge in [-0.1, -0.05) is 0 Å². The van der Waals surface area contributed by atoms with Gasteiger partial charge in [0.1, 0.15) is 0 Å². The number of aliphatic imine (C=N–C) groups is 1. The number of nitrogens with zero attached hydrogens (tertiary/aromatic N) is 1. The summed E-state index contributed by atoms with van der Waals surface area (Å²) in [4.78, 5) is 23.0. The maximum Gasteiger partial charge on any atom is 0.285 e. The molecule has 0 saturated heterocycles. The molecule has 0 aromatic heterocycles. The van der Waals surface area contributed by atoms with E-state index < -0.39 is 5.91 Å². The molecule has 0 rings (SSSR count). The lowest BCUT2D eigenvalue weighted by Gasteiger charge is -1.93. The summed E-state index contributed by atoms with van der Waals surface area (Å²) in [5.74, 6) is -0.630. The van der Waals surface area contributed by atoms with Crippen LogP contribution >= 0.6 is 0 Å². The largest absolute Gasteiger partial charge is 0.402 e. The number of rotatable bonds is 1. The van der Waals surface area contributed by atoms with E-state index in [0.717, 1.165) is 6.08 Å². The fourth-order valence-corrected chi connectivity index (χ4v) is 0.294. The Balaban J connectivity index is 4.53. The zero-order valence-electron chi connectivity index (χ0n) is 5.84. The van der Waals surface area contributed by atoms with Gasteiger partial charge in [-0.3, -0.25) is 4.79 Å². The zero-order chi connectivity index (χ0) is 8.15. The monoisotopic (exact) mass is 140 g/mol. The molecule has 0 aliphatic carbocycles. The van der Waals surface area contributed by atoms with E-state index in [-0.39, 0.29) is 5.57 Å². The Bertz CT molecular complexity index is 220. The molecular weight excluding hydrogens is 132 g/mol. The molecule has 2 N–H and O–H groups in total. The van der Waals surface area contributed by atoms with Crippen molar-refractivity contribution in [1.82, 2.24) is 0 Å². The lowest BCUT2D eigenvalue weighted by atomic mass is 10.2. The molecule has 0 atom stereocenters. The summed E-state index contributed by atoms with van der Waals surface area (Å²) < 4.78 is 0. The minimum absolute atomic E-state index is 0.281. The molecular formula is C6H8N2O2. The number of allylic oxidation sites excluding steroid dienone is 1. The molecule has 4 heteroatoms. The van der Waals surface area contributed by atoms with Crippen molar-refractivity contribution in [2.45, 2.75) is 13.8 Å². The average molecular weight is 140 g/mol. The molecule has 0 aliphatic rings. The quantitative estimate of drug-likeness (QED) is 0.319. The van der Waals surface area contributed by atoms with Crippen LogP contribution in [0.25, 0.3) is 0 Å². The van der Waals surface area contributed by atoms with Gasteiger partial charge in [0.15, 0.2) is 0 Å². The highest BCUT2D eigenvalue weighted by atomic mass is 16.2. The summed E-state index contributed by atoms with van der Waals surface area (Å²) >= 11 is 0. The number of isocyanates is 1. The molecule has 0 spiro atoms. The van der Waals surface area contributed by atoms with E-state index in [1.165, 1.54) is 6.92 Å². The molecule has 1 amide bonds. The zero-order valence-corrected chi connectivity index (χ0v) is 5.84. The van der Waals surface area contributed by atoms with E-state index in [4.69, 9.17) is 5.73 Å². The maximum absolute atomic E-state index is 10.6. The van der Waals surface area contributed by atoms with Crippen LogP contribution in [-0.4, -0.2) is 12.0 Å². The second-order valence-electron chi connectivity index (χ2n) is 1.82. The van der Waals surface area contributed by atoms with Gasteiger partial charge in [0.25, 0.3) is 5.91 Å². The summed E-state index contributed by atoms with van der Waals surface area (Å²) in [6.45, 7) is 3.06. The Morgan fingerprint density at radius 2 is 2.00 bits per heavy atom. The topological polar surface area (TPSA) is 72.5 Å². The van der Waals surface area contributed by atoms with Gasteiger partial charge in [-0.05, 0) is 13.8 Å². The first-order valence-corrected chi connectivity index (χ1v) is 2.64. The highest BCUT2D eigenvalue weighted by Crippen LogP contribution is 1.98. The van der Waals surface area contributed by atoms with Gasteiger partial charge in [-0.15, -0.1) is 4.99 Å². The number of hydrogen-bond donors (Lipinski definition) is 1. The van der Waals surface area contributed by atoms with Crippen molar-refractivity contribution in [2.75, 3.05) is 0 Å². The van der Waals surface area contributed by atoms with Crippen molar-refractivity contribution in [3.8, 4) is 0 Å². The van der Waals surface area contributed by atoms with Crippen LogP contribution in [-0.2, 0) is 9.59 Å². The smallest absolute Gasteiger partial charge is 0.285 e. The third-order valence-corrected chi connectivity index (χ3v) is 1.06. The summed E-state index contributed by atoms with van der Waals surface area (Å²) in [7, 11) is 0. The number of nitrogens with two attached hydrogens (primary N) is 1. The second kappa shape index (κ2) is 3.58. The number of carbonyl (C=O) groups is 1. The molecule has 0 aromatic rings. The number of carbonyl (C=O) groups excluding carboxylic acids is 2. The van der Waals surface area contributed by atoms with Crippen molar-refractivity contribution < 1.29 is 9.59 Å². The van der Waals surface area contributed by atoms with E-state index >= 15 is 0 Å². The van der Waals surface area contributed by atoms with Crippen molar-refractivity contribution in [2.24, 2.45) is 10.7 Å². The Morgan fingerprint density at radius 1 is 1.50 bits per heavy atom. The Kier molecular flexibility index (Phi) is 3.08. The SMILES string of the molecule is CC(N)=C(C)C(=O)N=C=O. The fraction of sp³-hybridized carbons (Fsp3) is 0.333. The lowest BCUT2D eigenvalue weighted by Crippen LogP contribution is -2.03. The van der Waals surface area contributed by atoms with E-state index in [1.807, 2.05) is 0 Å². The molecule has 0 aromatic carbocycles. The molecule has 4 nitrogen and oxygen atoms in total.